The number of halogens is 1. The maximum absolute atomic E-state index is 12.9. The number of hydrogen-bond acceptors (Lipinski definition) is 6. The molecule has 2 N–H and O–H groups in total. The first-order valence-corrected chi connectivity index (χ1v) is 10.2. The van der Waals surface area contributed by atoms with Crippen molar-refractivity contribution in [3.8, 4) is 5.75 Å². The van der Waals surface area contributed by atoms with Gasteiger partial charge in [-0.25, -0.2) is 4.39 Å². The van der Waals surface area contributed by atoms with E-state index in [9.17, 15) is 14.0 Å². The molecule has 7 nitrogen and oxygen atoms in total. The Hall–Kier alpha value is -3.33. The van der Waals surface area contributed by atoms with Gasteiger partial charge in [0.15, 0.2) is 5.01 Å². The molecule has 0 bridgehead atoms. The van der Waals surface area contributed by atoms with Crippen molar-refractivity contribution in [3.05, 3.63) is 69.9 Å². The van der Waals surface area contributed by atoms with Gasteiger partial charge < -0.3 is 15.4 Å². The number of amides is 2. The highest BCUT2D eigenvalue weighted by Crippen LogP contribution is 2.17. The molecule has 0 aliphatic carbocycles. The van der Waals surface area contributed by atoms with Crippen molar-refractivity contribution in [2.75, 3.05) is 5.32 Å². The van der Waals surface area contributed by atoms with Crippen LogP contribution in [-0.4, -0.2) is 28.1 Å². The van der Waals surface area contributed by atoms with E-state index in [4.69, 9.17) is 4.74 Å². The van der Waals surface area contributed by atoms with Gasteiger partial charge >= 0.3 is 0 Å². The van der Waals surface area contributed by atoms with E-state index in [-0.39, 0.29) is 29.4 Å². The third kappa shape index (κ3) is 5.84. The van der Waals surface area contributed by atoms with E-state index in [0.717, 1.165) is 17.8 Å². The lowest BCUT2D eigenvalue weighted by Gasteiger charge is -2.11. The number of ether oxygens (including phenoxy) is 1. The van der Waals surface area contributed by atoms with Crippen LogP contribution in [0.2, 0.25) is 0 Å². The normalized spacial score (nSPS) is 11.6. The molecular formula is C21H21FN4O3S. The smallest absolute Gasteiger partial charge is 0.286 e. The minimum atomic E-state index is -0.405. The van der Waals surface area contributed by atoms with Gasteiger partial charge in [0.05, 0.1) is 0 Å². The van der Waals surface area contributed by atoms with Crippen LogP contribution in [0.3, 0.4) is 0 Å². The van der Waals surface area contributed by atoms with Gasteiger partial charge in [0.1, 0.15) is 18.2 Å². The molecule has 0 saturated heterocycles. The molecule has 0 spiro atoms. The number of carbonyl (C=O) groups is 2. The average molecular weight is 428 g/mol. The van der Waals surface area contributed by atoms with Crippen molar-refractivity contribution in [3.63, 3.8) is 0 Å². The lowest BCUT2D eigenvalue weighted by atomic mass is 10.1. The monoisotopic (exact) mass is 428 g/mol. The number of anilines is 1. The van der Waals surface area contributed by atoms with Crippen molar-refractivity contribution in [2.24, 2.45) is 0 Å². The van der Waals surface area contributed by atoms with Crippen LogP contribution >= 0.6 is 11.3 Å². The predicted octanol–water partition coefficient (Wildman–Crippen LogP) is 4.04. The third-order valence-electron chi connectivity index (χ3n) is 4.23. The first kappa shape index (κ1) is 21.4. The van der Waals surface area contributed by atoms with E-state index < -0.39 is 5.91 Å². The fourth-order valence-corrected chi connectivity index (χ4v) is 3.03. The molecule has 9 heteroatoms. The van der Waals surface area contributed by atoms with E-state index in [1.54, 1.807) is 24.3 Å². The van der Waals surface area contributed by atoms with Gasteiger partial charge in [-0.2, -0.15) is 0 Å². The Kier molecular flexibility index (Phi) is 7.08. The Morgan fingerprint density at radius 2 is 1.77 bits per heavy atom. The largest absolute Gasteiger partial charge is 0.486 e. The van der Waals surface area contributed by atoms with Crippen molar-refractivity contribution in [2.45, 2.75) is 32.9 Å². The zero-order chi connectivity index (χ0) is 21.5. The summed E-state index contributed by atoms with van der Waals surface area (Å²) in [7, 11) is 0. The summed E-state index contributed by atoms with van der Waals surface area (Å²) < 4.78 is 18.4. The van der Waals surface area contributed by atoms with Crippen molar-refractivity contribution in [1.29, 1.82) is 0 Å². The highest BCUT2D eigenvalue weighted by molar-refractivity contribution is 7.13. The van der Waals surface area contributed by atoms with Gasteiger partial charge in [-0.3, -0.25) is 9.59 Å². The quantitative estimate of drug-likeness (QED) is 0.565. The Bertz CT molecular complexity index is 1010. The van der Waals surface area contributed by atoms with Crippen LogP contribution in [0.4, 0.5) is 10.1 Å². The first-order valence-electron chi connectivity index (χ1n) is 9.37. The van der Waals surface area contributed by atoms with Crippen LogP contribution in [-0.2, 0) is 6.61 Å². The van der Waals surface area contributed by atoms with E-state index in [2.05, 4.69) is 20.8 Å². The summed E-state index contributed by atoms with van der Waals surface area (Å²) in [6.45, 7) is 4.06. The second-order valence-electron chi connectivity index (χ2n) is 6.56. The van der Waals surface area contributed by atoms with Crippen LogP contribution in [0.5, 0.6) is 5.75 Å². The van der Waals surface area contributed by atoms with E-state index in [0.29, 0.717) is 22.0 Å². The zero-order valence-corrected chi connectivity index (χ0v) is 17.3. The molecule has 3 aromatic rings. The molecule has 30 heavy (non-hydrogen) atoms. The fraction of sp³-hybridized carbons (Fsp3) is 0.238. The van der Waals surface area contributed by atoms with Crippen molar-refractivity contribution >= 4 is 28.8 Å². The summed E-state index contributed by atoms with van der Waals surface area (Å²) in [6, 6.07) is 12.3. The van der Waals surface area contributed by atoms with Gasteiger partial charge in [-0.1, -0.05) is 18.3 Å². The Morgan fingerprint density at radius 3 is 2.43 bits per heavy atom. The summed E-state index contributed by atoms with van der Waals surface area (Å²) in [6.07, 6.45) is 0.846. The molecule has 2 amide bonds. The SMILES string of the molecule is CCC(C)NC(=O)c1ccc(NC(=O)c2nnc(COc3ccc(F)cc3)s2)cc1. The Labute approximate surface area is 177 Å². The Morgan fingerprint density at radius 1 is 1.07 bits per heavy atom. The average Bonchev–Trinajstić information content (AvgIpc) is 3.23. The number of hydrogen-bond donors (Lipinski definition) is 2. The molecule has 0 radical (unpaired) electrons. The summed E-state index contributed by atoms with van der Waals surface area (Å²) in [5.41, 5.74) is 1.06. The highest BCUT2D eigenvalue weighted by atomic mass is 32.1. The first-order chi connectivity index (χ1) is 14.4. The molecule has 1 atom stereocenters. The molecule has 1 heterocycles. The second kappa shape index (κ2) is 9.93. The fourth-order valence-electron chi connectivity index (χ4n) is 2.38. The summed E-state index contributed by atoms with van der Waals surface area (Å²) in [5, 5.41) is 14.1. The second-order valence-corrected chi connectivity index (χ2v) is 7.62. The summed E-state index contributed by atoms with van der Waals surface area (Å²) in [4.78, 5) is 24.5. The molecule has 0 aliphatic heterocycles. The Balaban J connectivity index is 1.54. The molecule has 2 aromatic carbocycles. The lowest BCUT2D eigenvalue weighted by molar-refractivity contribution is 0.0938. The van der Waals surface area contributed by atoms with Crippen LogP contribution < -0.4 is 15.4 Å². The van der Waals surface area contributed by atoms with Gasteiger partial charge in [-0.15, -0.1) is 10.2 Å². The standard InChI is InChI=1S/C21H21FN4O3S/c1-3-13(2)23-19(27)14-4-8-16(9-5-14)24-20(28)21-26-25-18(30-21)12-29-17-10-6-15(22)7-11-17/h4-11,13H,3,12H2,1-2H3,(H,23,27)(H,24,28). The minimum absolute atomic E-state index is 0.0931. The topological polar surface area (TPSA) is 93.2 Å². The van der Waals surface area contributed by atoms with E-state index in [1.165, 1.54) is 24.3 Å². The number of benzene rings is 2. The lowest BCUT2D eigenvalue weighted by Crippen LogP contribution is -2.31. The molecule has 1 aromatic heterocycles. The van der Waals surface area contributed by atoms with Gasteiger partial charge in [0.25, 0.3) is 11.8 Å². The van der Waals surface area contributed by atoms with Gasteiger partial charge in [-0.05, 0) is 61.9 Å². The van der Waals surface area contributed by atoms with Crippen molar-refractivity contribution < 1.29 is 18.7 Å². The van der Waals surface area contributed by atoms with E-state index >= 15 is 0 Å². The number of carbonyl (C=O) groups excluding carboxylic acids is 2. The molecule has 0 saturated carbocycles. The molecule has 3 rings (SSSR count). The minimum Gasteiger partial charge on any atom is -0.486 e. The van der Waals surface area contributed by atoms with Crippen LogP contribution in [0.15, 0.2) is 48.5 Å². The summed E-state index contributed by atoms with van der Waals surface area (Å²) in [5.74, 6) is -0.411. The molecule has 1 unspecified atom stereocenters. The summed E-state index contributed by atoms with van der Waals surface area (Å²) >= 11 is 1.10. The predicted molar refractivity (Wildman–Crippen MR) is 112 cm³/mol. The van der Waals surface area contributed by atoms with Gasteiger partial charge in [0, 0.05) is 17.3 Å². The number of nitrogens with zero attached hydrogens (tertiary/aromatic N) is 2. The third-order valence-corrected chi connectivity index (χ3v) is 5.13. The molecule has 0 aliphatic rings. The van der Waals surface area contributed by atoms with Gasteiger partial charge in [0.2, 0.25) is 5.01 Å². The molecule has 0 fully saturated rings. The number of aromatic nitrogens is 2. The van der Waals surface area contributed by atoms with Crippen LogP contribution in [0.1, 0.15) is 45.4 Å². The van der Waals surface area contributed by atoms with E-state index in [1.807, 2.05) is 13.8 Å². The zero-order valence-electron chi connectivity index (χ0n) is 16.5. The van der Waals surface area contributed by atoms with Crippen LogP contribution in [0, 0.1) is 5.82 Å². The highest BCUT2D eigenvalue weighted by Gasteiger charge is 2.14. The van der Waals surface area contributed by atoms with Crippen LogP contribution in [0.25, 0.3) is 0 Å². The number of rotatable bonds is 8. The maximum Gasteiger partial charge on any atom is 0.286 e. The number of nitrogens with one attached hydrogen (secondary N) is 2. The maximum atomic E-state index is 12.9. The molecule has 156 valence electrons. The van der Waals surface area contributed by atoms with Crippen molar-refractivity contribution in [1.82, 2.24) is 15.5 Å². The molecular weight excluding hydrogens is 407 g/mol.